The fourth-order valence-corrected chi connectivity index (χ4v) is 10.8. The Balaban J connectivity index is 1.16. The molecule has 13 rings (SSSR count). The van der Waals surface area contributed by atoms with Crippen molar-refractivity contribution in [3.63, 3.8) is 0 Å². The van der Waals surface area contributed by atoms with Crippen molar-refractivity contribution in [3.05, 3.63) is 246 Å². The van der Waals surface area contributed by atoms with Gasteiger partial charge in [0.1, 0.15) is 11.2 Å². The number of hydrogen-bond acceptors (Lipinski definition) is 6. The summed E-state index contributed by atoms with van der Waals surface area (Å²) in [5.74, 6) is 0. The Hall–Kier alpha value is -9.30. The number of rotatable bonds is 6. The van der Waals surface area contributed by atoms with Crippen molar-refractivity contribution in [1.82, 2.24) is 9.97 Å². The molecule has 1 spiro atoms. The van der Waals surface area contributed by atoms with E-state index in [9.17, 15) is 5.26 Å². The smallest absolute Gasteiger partial charge is 0.187 e. The highest BCUT2D eigenvalue weighted by molar-refractivity contribution is 6.17. The largest absolute Gasteiger partial charge is 0.455 e. The first-order chi connectivity index (χ1) is 32.6. The van der Waals surface area contributed by atoms with Crippen molar-refractivity contribution in [1.29, 1.82) is 5.26 Å². The van der Waals surface area contributed by atoms with Crippen LogP contribution in [0.1, 0.15) is 27.8 Å². The van der Waals surface area contributed by atoms with Crippen LogP contribution >= 0.6 is 0 Å². The molecule has 2 aliphatic rings. The number of fused-ring (bicyclic) bond motifs is 13. The van der Waals surface area contributed by atoms with Gasteiger partial charge in [-0.3, -0.25) is 9.97 Å². The van der Waals surface area contributed by atoms with Gasteiger partial charge in [-0.1, -0.05) is 91.0 Å². The molecule has 0 aliphatic heterocycles. The number of aromatic nitrogens is 2. The van der Waals surface area contributed by atoms with Crippen LogP contribution in [-0.2, 0) is 5.41 Å². The predicted octanol–water partition coefficient (Wildman–Crippen LogP) is 15.2. The van der Waals surface area contributed by atoms with Crippen LogP contribution in [-0.4, -0.2) is 9.97 Å². The highest BCUT2D eigenvalue weighted by atomic mass is 16.3. The number of nitrogens with zero attached hydrogens (tertiary/aromatic N) is 6. The summed E-state index contributed by atoms with van der Waals surface area (Å²) in [7, 11) is 0. The van der Waals surface area contributed by atoms with Gasteiger partial charge in [-0.25, -0.2) is 4.85 Å². The number of pyridine rings is 2. The maximum atomic E-state index is 9.76. The highest BCUT2D eigenvalue weighted by Crippen LogP contribution is 2.64. The molecule has 0 bridgehead atoms. The number of nitriles is 1. The maximum absolute atomic E-state index is 9.76. The van der Waals surface area contributed by atoms with Gasteiger partial charge in [-0.2, -0.15) is 5.26 Å². The van der Waals surface area contributed by atoms with Crippen molar-refractivity contribution >= 4 is 72.5 Å². The quantitative estimate of drug-likeness (QED) is 0.155. The summed E-state index contributed by atoms with van der Waals surface area (Å²) in [6, 6.07) is 65.7. The lowest BCUT2D eigenvalue weighted by molar-refractivity contribution is 0.667. The maximum Gasteiger partial charge on any atom is 0.187 e. The monoisotopic (exact) mass is 842 g/mol. The van der Waals surface area contributed by atoms with Crippen molar-refractivity contribution in [2.45, 2.75) is 5.41 Å². The van der Waals surface area contributed by atoms with Crippen molar-refractivity contribution in [2.75, 3.05) is 9.80 Å². The van der Waals surface area contributed by atoms with Crippen molar-refractivity contribution < 1.29 is 4.42 Å². The number of hydrogen-bond donors (Lipinski definition) is 0. The van der Waals surface area contributed by atoms with Gasteiger partial charge in [0.15, 0.2) is 5.69 Å². The van der Waals surface area contributed by atoms with Crippen LogP contribution in [0.2, 0.25) is 0 Å². The van der Waals surface area contributed by atoms with E-state index in [1.54, 1.807) is 12.4 Å². The summed E-state index contributed by atoms with van der Waals surface area (Å²) in [4.78, 5) is 17.3. The molecule has 7 nitrogen and oxygen atoms in total. The standard InChI is InChI=1S/C59H34N6O/c1-61-39-18-22-41(23-19-39)65(45-11-7-31-63-36-45)43-25-27-47-46-26-24-42(64(44-10-6-30-62-35-44)40-20-16-37(34-60)17-21-40)32-53(46)59(54(47)33-43)51-14-5-9-38-8-4-13-50(56(38)51)57-52(59)29-28-49-48-12-2-3-15-55(48)66-58(49)57/h2-33,35-36H. The van der Waals surface area contributed by atoms with Crippen LogP contribution in [0, 0.1) is 17.9 Å². The molecule has 0 saturated carbocycles. The topological polar surface area (TPSA) is 73.6 Å². The highest BCUT2D eigenvalue weighted by Gasteiger charge is 2.51. The van der Waals surface area contributed by atoms with E-state index in [0.29, 0.717) is 11.3 Å². The molecule has 11 aromatic rings. The van der Waals surface area contributed by atoms with Crippen LogP contribution in [0.5, 0.6) is 0 Å². The van der Waals surface area contributed by atoms with E-state index >= 15 is 0 Å². The zero-order valence-electron chi connectivity index (χ0n) is 35.2. The summed E-state index contributed by atoms with van der Waals surface area (Å²) in [5, 5.41) is 14.3. The fourth-order valence-electron chi connectivity index (χ4n) is 10.8. The molecule has 2 aliphatic carbocycles. The summed E-state index contributed by atoms with van der Waals surface area (Å²) in [6.07, 6.45) is 7.34. The summed E-state index contributed by atoms with van der Waals surface area (Å²) >= 11 is 0. The van der Waals surface area contributed by atoms with Gasteiger partial charge in [0.25, 0.3) is 0 Å². The SMILES string of the molecule is [C-]#[N+]c1ccc(N(c2cccnc2)c2ccc3c(c2)C2(c4cc(N(c5ccc(C#N)cc5)c5cccnc5)ccc4-3)c3ccc4c(oc5ccccc54)c3-c3cccc4cccc2c34)cc1. The second-order valence-electron chi connectivity index (χ2n) is 16.8. The molecule has 66 heavy (non-hydrogen) atoms. The molecule has 1 unspecified atom stereocenters. The molecule has 8 aromatic carbocycles. The van der Waals surface area contributed by atoms with Crippen LogP contribution in [0.3, 0.4) is 0 Å². The Morgan fingerprint density at radius 3 is 1.76 bits per heavy atom. The van der Waals surface area contributed by atoms with E-state index < -0.39 is 5.41 Å². The van der Waals surface area contributed by atoms with Crippen LogP contribution < -0.4 is 9.80 Å². The molecule has 0 amide bonds. The minimum Gasteiger partial charge on any atom is -0.455 e. The molecule has 0 N–H and O–H groups in total. The van der Waals surface area contributed by atoms with Gasteiger partial charge in [-0.15, -0.1) is 0 Å². The normalized spacial score (nSPS) is 14.1. The second kappa shape index (κ2) is 14.4. The molecule has 0 fully saturated rings. The molecule has 7 heteroatoms. The van der Waals surface area contributed by atoms with E-state index in [1.165, 1.54) is 10.9 Å². The molecule has 3 heterocycles. The zero-order chi connectivity index (χ0) is 43.9. The van der Waals surface area contributed by atoms with Crippen molar-refractivity contribution in [3.8, 4) is 28.3 Å². The van der Waals surface area contributed by atoms with E-state index in [0.717, 1.165) is 100 Å². The third-order valence-corrected chi connectivity index (χ3v) is 13.4. The minimum absolute atomic E-state index is 0.577. The van der Waals surface area contributed by atoms with Crippen molar-refractivity contribution in [2.24, 2.45) is 0 Å². The predicted molar refractivity (Wildman–Crippen MR) is 263 cm³/mol. The Morgan fingerprint density at radius 2 is 1.14 bits per heavy atom. The van der Waals surface area contributed by atoms with E-state index in [1.807, 2.05) is 79.1 Å². The third-order valence-electron chi connectivity index (χ3n) is 13.4. The summed E-state index contributed by atoms with van der Waals surface area (Å²) < 4.78 is 6.99. The Kier molecular flexibility index (Phi) is 8.11. The van der Waals surface area contributed by atoms with Gasteiger partial charge in [-0.05, 0) is 141 Å². The Labute approximate surface area is 380 Å². The van der Waals surface area contributed by atoms with E-state index in [4.69, 9.17) is 11.0 Å². The second-order valence-corrected chi connectivity index (χ2v) is 16.8. The lowest BCUT2D eigenvalue weighted by atomic mass is 9.61. The van der Waals surface area contributed by atoms with Gasteiger partial charge in [0.2, 0.25) is 0 Å². The molecule has 0 saturated heterocycles. The molecule has 306 valence electrons. The summed E-state index contributed by atoms with van der Waals surface area (Å²) in [6.45, 7) is 7.68. The molecular formula is C59H34N6O. The van der Waals surface area contributed by atoms with Crippen LogP contribution in [0.15, 0.2) is 211 Å². The first-order valence-electron chi connectivity index (χ1n) is 21.8. The van der Waals surface area contributed by atoms with Gasteiger partial charge in [0.05, 0.1) is 47.4 Å². The first-order valence-corrected chi connectivity index (χ1v) is 21.8. The molecule has 1 atom stereocenters. The number of anilines is 6. The number of benzene rings is 8. The molecular weight excluding hydrogens is 809 g/mol. The van der Waals surface area contributed by atoms with Crippen LogP contribution in [0.4, 0.5) is 39.8 Å². The number of para-hydroxylation sites is 1. The lowest BCUT2D eigenvalue weighted by Crippen LogP contribution is -2.32. The van der Waals surface area contributed by atoms with E-state index in [2.05, 4.69) is 146 Å². The molecule has 0 radical (unpaired) electrons. The summed E-state index contributed by atoms with van der Waals surface area (Å²) in [5.41, 5.74) is 16.7. The molecule has 3 aromatic heterocycles. The average Bonchev–Trinajstić information content (AvgIpc) is 3.90. The fraction of sp³-hybridized carbons (Fsp3) is 0.0169. The van der Waals surface area contributed by atoms with Gasteiger partial charge in [0, 0.05) is 51.5 Å². The van der Waals surface area contributed by atoms with Crippen LogP contribution in [0.25, 0.3) is 59.8 Å². The average molecular weight is 843 g/mol. The first kappa shape index (κ1) is 37.3. The number of furan rings is 1. The third kappa shape index (κ3) is 5.29. The van der Waals surface area contributed by atoms with Gasteiger partial charge >= 0.3 is 0 Å². The Bertz CT molecular complexity index is 3690. The Morgan fingerprint density at radius 1 is 0.515 bits per heavy atom. The van der Waals surface area contributed by atoms with E-state index in [-0.39, 0.29) is 0 Å². The zero-order valence-corrected chi connectivity index (χ0v) is 35.2. The lowest BCUT2D eigenvalue weighted by Gasteiger charge is -2.40. The minimum atomic E-state index is -0.840. The van der Waals surface area contributed by atoms with Gasteiger partial charge < -0.3 is 14.2 Å².